The molecule has 1 atom stereocenters. The lowest BCUT2D eigenvalue weighted by Gasteiger charge is -1.98. The molecule has 1 rings (SSSR count). The van der Waals surface area contributed by atoms with E-state index in [2.05, 4.69) is 10.3 Å². The molecule has 1 aliphatic rings. The van der Waals surface area contributed by atoms with Gasteiger partial charge in [-0.1, -0.05) is 0 Å². The zero-order valence-electron chi connectivity index (χ0n) is 5.26. The summed E-state index contributed by atoms with van der Waals surface area (Å²) in [7, 11) is 0. The van der Waals surface area contributed by atoms with E-state index in [1.165, 1.54) is 0 Å². The number of hydrogen-bond acceptors (Lipinski definition) is 3. The second-order valence-corrected chi connectivity index (χ2v) is 2.29. The van der Waals surface area contributed by atoms with Crippen molar-refractivity contribution in [1.82, 2.24) is 5.32 Å². The minimum atomic E-state index is 0.575. The maximum Gasteiger partial charge on any atom is 0.234 e. The Morgan fingerprint density at radius 1 is 1.78 bits per heavy atom. The largest absolute Gasteiger partial charge is 0.316 e. The molecular formula is C6H10N2O. The van der Waals surface area contributed by atoms with E-state index in [4.69, 9.17) is 0 Å². The third kappa shape index (κ3) is 1.96. The van der Waals surface area contributed by atoms with Crippen molar-refractivity contribution in [2.45, 2.75) is 6.42 Å². The van der Waals surface area contributed by atoms with Crippen LogP contribution < -0.4 is 5.32 Å². The second-order valence-electron chi connectivity index (χ2n) is 2.29. The van der Waals surface area contributed by atoms with E-state index in [1.54, 1.807) is 6.08 Å². The van der Waals surface area contributed by atoms with E-state index in [0.717, 1.165) is 19.5 Å². The summed E-state index contributed by atoms with van der Waals surface area (Å²) in [6.07, 6.45) is 2.69. The SMILES string of the molecule is O=C=NCC1CCNC1. The minimum Gasteiger partial charge on any atom is -0.316 e. The molecule has 0 bridgehead atoms. The van der Waals surface area contributed by atoms with Gasteiger partial charge in [0.05, 0.1) is 6.54 Å². The number of isocyanates is 1. The van der Waals surface area contributed by atoms with E-state index < -0.39 is 0 Å². The van der Waals surface area contributed by atoms with Crippen molar-refractivity contribution in [3.63, 3.8) is 0 Å². The van der Waals surface area contributed by atoms with Gasteiger partial charge in [0.15, 0.2) is 0 Å². The van der Waals surface area contributed by atoms with E-state index in [1.807, 2.05) is 0 Å². The van der Waals surface area contributed by atoms with E-state index in [0.29, 0.717) is 12.5 Å². The fourth-order valence-electron chi connectivity index (χ4n) is 1.04. The lowest BCUT2D eigenvalue weighted by molar-refractivity contribution is 0.551. The molecule has 0 spiro atoms. The fourth-order valence-corrected chi connectivity index (χ4v) is 1.04. The third-order valence-corrected chi connectivity index (χ3v) is 1.58. The minimum absolute atomic E-state index is 0.575. The van der Waals surface area contributed by atoms with Crippen LogP contribution in [0.15, 0.2) is 4.99 Å². The predicted octanol–water partition coefficient (Wildman–Crippen LogP) is -0.0683. The molecule has 1 fully saturated rings. The molecule has 3 nitrogen and oxygen atoms in total. The second kappa shape index (κ2) is 3.38. The molecule has 0 aromatic carbocycles. The van der Waals surface area contributed by atoms with Crippen LogP contribution >= 0.6 is 0 Å². The molecule has 0 aliphatic carbocycles. The smallest absolute Gasteiger partial charge is 0.234 e. The number of hydrogen-bond donors (Lipinski definition) is 1. The molecule has 1 unspecified atom stereocenters. The Kier molecular flexibility index (Phi) is 2.43. The summed E-state index contributed by atoms with van der Waals surface area (Å²) in [6.45, 7) is 2.72. The van der Waals surface area contributed by atoms with Gasteiger partial charge in [-0.3, -0.25) is 0 Å². The van der Waals surface area contributed by atoms with Crippen LogP contribution in [-0.4, -0.2) is 25.7 Å². The van der Waals surface area contributed by atoms with Crippen molar-refractivity contribution in [3.05, 3.63) is 0 Å². The summed E-state index contributed by atoms with van der Waals surface area (Å²) < 4.78 is 0. The molecule has 0 saturated carbocycles. The topological polar surface area (TPSA) is 41.5 Å². The highest BCUT2D eigenvalue weighted by molar-refractivity contribution is 5.32. The van der Waals surface area contributed by atoms with Crippen molar-refractivity contribution in [2.24, 2.45) is 10.9 Å². The Morgan fingerprint density at radius 2 is 2.67 bits per heavy atom. The van der Waals surface area contributed by atoms with Crippen molar-refractivity contribution in [1.29, 1.82) is 0 Å². The molecule has 1 saturated heterocycles. The van der Waals surface area contributed by atoms with E-state index in [9.17, 15) is 4.79 Å². The Balaban J connectivity index is 2.18. The van der Waals surface area contributed by atoms with Crippen molar-refractivity contribution >= 4 is 6.08 Å². The zero-order chi connectivity index (χ0) is 6.53. The molecule has 50 valence electrons. The van der Waals surface area contributed by atoms with Crippen LogP contribution in [0.25, 0.3) is 0 Å². The highest BCUT2D eigenvalue weighted by Gasteiger charge is 2.12. The number of rotatable bonds is 2. The standard InChI is InChI=1S/C6H10N2O/c9-5-8-4-6-1-2-7-3-6/h6-7H,1-4H2. The average molecular weight is 126 g/mol. The summed E-state index contributed by atoms with van der Waals surface area (Å²) in [5, 5.41) is 3.19. The number of aliphatic imine (C=N–C) groups is 1. The van der Waals surface area contributed by atoms with Crippen LogP contribution in [0.5, 0.6) is 0 Å². The Bertz CT molecular complexity index is 123. The highest BCUT2D eigenvalue weighted by atomic mass is 16.1. The van der Waals surface area contributed by atoms with Gasteiger partial charge in [-0.15, -0.1) is 0 Å². The molecule has 9 heavy (non-hydrogen) atoms. The first kappa shape index (κ1) is 6.46. The fraction of sp³-hybridized carbons (Fsp3) is 0.833. The molecule has 0 radical (unpaired) electrons. The highest BCUT2D eigenvalue weighted by Crippen LogP contribution is 2.06. The predicted molar refractivity (Wildman–Crippen MR) is 34.0 cm³/mol. The van der Waals surface area contributed by atoms with Gasteiger partial charge in [0.2, 0.25) is 6.08 Å². The summed E-state index contributed by atoms with van der Waals surface area (Å²) >= 11 is 0. The molecule has 3 heteroatoms. The van der Waals surface area contributed by atoms with E-state index in [-0.39, 0.29) is 0 Å². The van der Waals surface area contributed by atoms with Gasteiger partial charge in [-0.2, -0.15) is 0 Å². The first-order chi connectivity index (χ1) is 4.43. The lowest BCUT2D eigenvalue weighted by atomic mass is 10.1. The quantitative estimate of drug-likeness (QED) is 0.415. The number of nitrogens with one attached hydrogen (secondary N) is 1. The van der Waals surface area contributed by atoms with Gasteiger partial charge in [0.1, 0.15) is 0 Å². The van der Waals surface area contributed by atoms with Crippen LogP contribution in [0.4, 0.5) is 0 Å². The molecule has 1 aliphatic heterocycles. The van der Waals surface area contributed by atoms with Crippen molar-refractivity contribution in [2.75, 3.05) is 19.6 Å². The van der Waals surface area contributed by atoms with Crippen LogP contribution in [-0.2, 0) is 4.79 Å². The van der Waals surface area contributed by atoms with Crippen molar-refractivity contribution < 1.29 is 4.79 Å². The third-order valence-electron chi connectivity index (χ3n) is 1.58. The van der Waals surface area contributed by atoms with Gasteiger partial charge in [-0.25, -0.2) is 9.79 Å². The Hall–Kier alpha value is -0.660. The number of carbonyl (C=O) groups excluding carboxylic acids is 1. The maximum absolute atomic E-state index is 9.65. The van der Waals surface area contributed by atoms with Crippen LogP contribution in [0.2, 0.25) is 0 Å². The van der Waals surface area contributed by atoms with Gasteiger partial charge < -0.3 is 5.32 Å². The summed E-state index contributed by atoms with van der Waals surface area (Å²) in [5.74, 6) is 0.575. The van der Waals surface area contributed by atoms with Crippen LogP contribution in [0.1, 0.15) is 6.42 Å². The summed E-state index contributed by atoms with van der Waals surface area (Å²) in [6, 6.07) is 0. The molecule has 0 aromatic heterocycles. The molecule has 1 N–H and O–H groups in total. The van der Waals surface area contributed by atoms with Crippen LogP contribution in [0.3, 0.4) is 0 Å². The zero-order valence-corrected chi connectivity index (χ0v) is 5.26. The maximum atomic E-state index is 9.65. The monoisotopic (exact) mass is 126 g/mol. The first-order valence-corrected chi connectivity index (χ1v) is 3.18. The lowest BCUT2D eigenvalue weighted by Crippen LogP contribution is -2.10. The van der Waals surface area contributed by atoms with Crippen LogP contribution in [0, 0.1) is 5.92 Å². The molecule has 1 heterocycles. The summed E-state index contributed by atoms with van der Waals surface area (Å²) in [5.41, 5.74) is 0. The molecular weight excluding hydrogens is 116 g/mol. The van der Waals surface area contributed by atoms with Gasteiger partial charge >= 0.3 is 0 Å². The van der Waals surface area contributed by atoms with Gasteiger partial charge in [-0.05, 0) is 25.4 Å². The Morgan fingerprint density at radius 3 is 3.22 bits per heavy atom. The van der Waals surface area contributed by atoms with E-state index >= 15 is 0 Å². The first-order valence-electron chi connectivity index (χ1n) is 3.18. The average Bonchev–Trinajstić information content (AvgIpc) is 2.34. The normalized spacial score (nSPS) is 25.6. The summed E-state index contributed by atoms with van der Waals surface area (Å²) in [4.78, 5) is 13.2. The molecule has 0 amide bonds. The molecule has 0 aromatic rings. The van der Waals surface area contributed by atoms with Gasteiger partial charge in [0, 0.05) is 0 Å². The van der Waals surface area contributed by atoms with Crippen molar-refractivity contribution in [3.8, 4) is 0 Å². The Labute approximate surface area is 54.2 Å². The van der Waals surface area contributed by atoms with Gasteiger partial charge in [0.25, 0.3) is 0 Å². The number of nitrogens with zero attached hydrogens (tertiary/aromatic N) is 1.